The second-order valence-corrected chi connectivity index (χ2v) is 4.55. The van der Waals surface area contributed by atoms with Crippen LogP contribution in [-0.2, 0) is 4.74 Å². The van der Waals surface area contributed by atoms with Crippen LogP contribution in [0, 0.1) is 0 Å². The molecular weight excluding hydrogens is 252 g/mol. The number of aliphatic hydroxyl groups is 1. The molecule has 1 aromatic rings. The number of hydrogen-bond donors (Lipinski definition) is 1. The van der Waals surface area contributed by atoms with Gasteiger partial charge in [-0.25, -0.2) is 0 Å². The lowest BCUT2D eigenvalue weighted by molar-refractivity contribution is -0.0392. The fourth-order valence-corrected chi connectivity index (χ4v) is 2.15. The highest BCUT2D eigenvalue weighted by Gasteiger charge is 2.23. The zero-order valence-corrected chi connectivity index (χ0v) is 11.9. The van der Waals surface area contributed by atoms with Crippen LogP contribution in [0.5, 0.6) is 5.75 Å². The molecule has 0 saturated heterocycles. The van der Waals surface area contributed by atoms with E-state index in [4.69, 9.17) is 21.1 Å². The normalized spacial score (nSPS) is 14.3. The molecule has 0 aromatic heterocycles. The predicted octanol–water partition coefficient (Wildman–Crippen LogP) is 3.59. The number of hydrogen-bond acceptors (Lipinski definition) is 3. The molecule has 1 rings (SSSR count). The third kappa shape index (κ3) is 3.87. The van der Waals surface area contributed by atoms with Gasteiger partial charge in [-0.2, -0.15) is 0 Å². The standard InChI is InChI=1S/C14H21ClO3/c1-4-6-13(18-5-2)14(16)11-9-10(15)7-8-12(11)17-3/h7-9,13-14,16H,4-6H2,1-3H3. The maximum atomic E-state index is 10.4. The van der Waals surface area contributed by atoms with Crippen LogP contribution in [0.4, 0.5) is 0 Å². The summed E-state index contributed by atoms with van der Waals surface area (Å²) in [4.78, 5) is 0. The average Bonchev–Trinajstić information content (AvgIpc) is 2.37. The van der Waals surface area contributed by atoms with Gasteiger partial charge in [0, 0.05) is 17.2 Å². The maximum absolute atomic E-state index is 10.4. The first-order valence-electron chi connectivity index (χ1n) is 6.27. The highest BCUT2D eigenvalue weighted by Crippen LogP contribution is 2.32. The Kier molecular flexibility index (Phi) is 6.47. The van der Waals surface area contributed by atoms with Gasteiger partial charge in [0.1, 0.15) is 11.9 Å². The zero-order chi connectivity index (χ0) is 13.5. The van der Waals surface area contributed by atoms with E-state index in [-0.39, 0.29) is 6.10 Å². The fraction of sp³-hybridized carbons (Fsp3) is 0.571. The van der Waals surface area contributed by atoms with Crippen molar-refractivity contribution in [1.29, 1.82) is 0 Å². The Morgan fingerprint density at radius 1 is 1.33 bits per heavy atom. The number of halogens is 1. The topological polar surface area (TPSA) is 38.7 Å². The number of aliphatic hydroxyl groups excluding tert-OH is 1. The summed E-state index contributed by atoms with van der Waals surface area (Å²) in [5.74, 6) is 0.632. The highest BCUT2D eigenvalue weighted by molar-refractivity contribution is 6.30. The Morgan fingerprint density at radius 2 is 2.06 bits per heavy atom. The van der Waals surface area contributed by atoms with Gasteiger partial charge in [-0.15, -0.1) is 0 Å². The molecule has 0 heterocycles. The third-order valence-corrected chi connectivity index (χ3v) is 3.05. The van der Waals surface area contributed by atoms with Crippen molar-refractivity contribution in [3.05, 3.63) is 28.8 Å². The molecule has 0 saturated carbocycles. The van der Waals surface area contributed by atoms with Gasteiger partial charge in [0.25, 0.3) is 0 Å². The SMILES string of the molecule is CCCC(OCC)C(O)c1cc(Cl)ccc1OC. The maximum Gasteiger partial charge on any atom is 0.124 e. The average molecular weight is 273 g/mol. The Bertz CT molecular complexity index is 362. The molecule has 3 nitrogen and oxygen atoms in total. The Morgan fingerprint density at radius 3 is 2.61 bits per heavy atom. The Balaban J connectivity index is 2.98. The quantitative estimate of drug-likeness (QED) is 0.824. The summed E-state index contributed by atoms with van der Waals surface area (Å²) in [6.45, 7) is 4.56. The Hall–Kier alpha value is -0.770. The summed E-state index contributed by atoms with van der Waals surface area (Å²) >= 11 is 5.97. The van der Waals surface area contributed by atoms with E-state index in [0.29, 0.717) is 22.9 Å². The van der Waals surface area contributed by atoms with Gasteiger partial charge in [-0.3, -0.25) is 0 Å². The highest BCUT2D eigenvalue weighted by atomic mass is 35.5. The van der Waals surface area contributed by atoms with Crippen molar-refractivity contribution in [2.45, 2.75) is 38.9 Å². The molecule has 102 valence electrons. The number of methoxy groups -OCH3 is 1. The van der Waals surface area contributed by atoms with Crippen molar-refractivity contribution in [2.75, 3.05) is 13.7 Å². The van der Waals surface area contributed by atoms with E-state index in [1.165, 1.54) is 0 Å². The molecule has 0 spiro atoms. The van der Waals surface area contributed by atoms with Crippen LogP contribution in [0.2, 0.25) is 5.02 Å². The first-order valence-corrected chi connectivity index (χ1v) is 6.64. The summed E-state index contributed by atoms with van der Waals surface area (Å²) in [7, 11) is 1.58. The first kappa shape index (κ1) is 15.3. The van der Waals surface area contributed by atoms with E-state index in [9.17, 15) is 5.11 Å². The monoisotopic (exact) mass is 272 g/mol. The van der Waals surface area contributed by atoms with Gasteiger partial charge in [-0.1, -0.05) is 24.9 Å². The van der Waals surface area contributed by atoms with Gasteiger partial charge in [0.05, 0.1) is 13.2 Å². The second-order valence-electron chi connectivity index (χ2n) is 4.11. The molecule has 2 atom stereocenters. The first-order chi connectivity index (χ1) is 8.63. The molecule has 2 unspecified atom stereocenters. The fourth-order valence-electron chi connectivity index (χ4n) is 1.97. The van der Waals surface area contributed by atoms with Crippen LogP contribution in [0.15, 0.2) is 18.2 Å². The van der Waals surface area contributed by atoms with Crippen LogP contribution >= 0.6 is 11.6 Å². The van der Waals surface area contributed by atoms with Crippen LogP contribution < -0.4 is 4.74 Å². The summed E-state index contributed by atoms with van der Waals surface area (Å²) in [5.41, 5.74) is 0.678. The van der Waals surface area contributed by atoms with E-state index in [2.05, 4.69) is 6.92 Å². The van der Waals surface area contributed by atoms with Crippen molar-refractivity contribution < 1.29 is 14.6 Å². The molecule has 0 aliphatic rings. The molecule has 0 aliphatic heterocycles. The summed E-state index contributed by atoms with van der Waals surface area (Å²) < 4.78 is 10.8. The molecule has 0 fully saturated rings. The van der Waals surface area contributed by atoms with Crippen molar-refractivity contribution in [3.8, 4) is 5.75 Å². The molecule has 0 amide bonds. The molecule has 18 heavy (non-hydrogen) atoms. The van der Waals surface area contributed by atoms with Gasteiger partial charge >= 0.3 is 0 Å². The summed E-state index contributed by atoms with van der Waals surface area (Å²) in [6, 6.07) is 5.23. The van der Waals surface area contributed by atoms with Gasteiger partial charge < -0.3 is 14.6 Å². The van der Waals surface area contributed by atoms with Crippen LogP contribution in [-0.4, -0.2) is 24.9 Å². The smallest absolute Gasteiger partial charge is 0.124 e. The van der Waals surface area contributed by atoms with Crippen LogP contribution in [0.1, 0.15) is 38.4 Å². The van der Waals surface area contributed by atoms with E-state index in [1.54, 1.807) is 25.3 Å². The molecular formula is C14H21ClO3. The van der Waals surface area contributed by atoms with E-state index < -0.39 is 6.10 Å². The molecule has 0 aliphatic carbocycles. The van der Waals surface area contributed by atoms with E-state index >= 15 is 0 Å². The number of rotatable bonds is 7. The number of ether oxygens (including phenoxy) is 2. The van der Waals surface area contributed by atoms with Crippen molar-refractivity contribution >= 4 is 11.6 Å². The Labute approximate surface area is 114 Å². The second kappa shape index (κ2) is 7.62. The minimum atomic E-state index is -0.724. The zero-order valence-electron chi connectivity index (χ0n) is 11.1. The third-order valence-electron chi connectivity index (χ3n) is 2.82. The van der Waals surface area contributed by atoms with Crippen molar-refractivity contribution in [1.82, 2.24) is 0 Å². The minimum Gasteiger partial charge on any atom is -0.496 e. The van der Waals surface area contributed by atoms with Gasteiger partial charge in [0.2, 0.25) is 0 Å². The van der Waals surface area contributed by atoms with Crippen molar-refractivity contribution in [3.63, 3.8) is 0 Å². The van der Waals surface area contributed by atoms with Gasteiger partial charge in [-0.05, 0) is 31.5 Å². The lowest BCUT2D eigenvalue weighted by Crippen LogP contribution is -2.22. The molecule has 4 heteroatoms. The lowest BCUT2D eigenvalue weighted by Gasteiger charge is -2.24. The summed E-state index contributed by atoms with van der Waals surface area (Å²) in [5, 5.41) is 11.0. The number of benzene rings is 1. The largest absolute Gasteiger partial charge is 0.496 e. The van der Waals surface area contributed by atoms with Crippen LogP contribution in [0.25, 0.3) is 0 Å². The van der Waals surface area contributed by atoms with Gasteiger partial charge in [0.15, 0.2) is 0 Å². The lowest BCUT2D eigenvalue weighted by atomic mass is 10.00. The van der Waals surface area contributed by atoms with E-state index in [1.807, 2.05) is 6.92 Å². The molecule has 1 N–H and O–H groups in total. The molecule has 0 bridgehead atoms. The van der Waals surface area contributed by atoms with E-state index in [0.717, 1.165) is 12.8 Å². The molecule has 1 aromatic carbocycles. The van der Waals surface area contributed by atoms with Crippen LogP contribution in [0.3, 0.4) is 0 Å². The minimum absolute atomic E-state index is 0.229. The summed E-state index contributed by atoms with van der Waals surface area (Å²) in [6.07, 6.45) is 0.792. The molecule has 0 radical (unpaired) electrons. The predicted molar refractivity (Wildman–Crippen MR) is 73.3 cm³/mol. The van der Waals surface area contributed by atoms with Crippen molar-refractivity contribution in [2.24, 2.45) is 0 Å².